The number of nitrogens with two attached hydrogens (primary N) is 1. The Kier molecular flexibility index (Phi) is 3.30. The Morgan fingerprint density at radius 3 is 2.38 bits per heavy atom. The van der Waals surface area contributed by atoms with E-state index in [9.17, 15) is 9.90 Å². The minimum absolute atomic E-state index is 0.00879. The van der Waals surface area contributed by atoms with Crippen LogP contribution in [0.1, 0.15) is 23.0 Å². The molecule has 0 aliphatic carbocycles. The van der Waals surface area contributed by atoms with Gasteiger partial charge >= 0.3 is 5.97 Å². The molecule has 5 nitrogen and oxygen atoms in total. The van der Waals surface area contributed by atoms with Gasteiger partial charge in [-0.2, -0.15) is 0 Å². The lowest BCUT2D eigenvalue weighted by Gasteiger charge is -2.12. The van der Waals surface area contributed by atoms with E-state index in [4.69, 9.17) is 14.6 Å². The Labute approximate surface area is 128 Å². The van der Waals surface area contributed by atoms with Gasteiger partial charge in [-0.1, -0.05) is 0 Å². The number of carboxylic acid groups (broad SMARTS) is 1. The van der Waals surface area contributed by atoms with Crippen LogP contribution in [0.4, 0.5) is 0 Å². The summed E-state index contributed by atoms with van der Waals surface area (Å²) in [7, 11) is 0. The highest BCUT2D eigenvalue weighted by Gasteiger charge is 2.28. The Morgan fingerprint density at radius 2 is 1.81 bits per heavy atom. The second-order valence-electron chi connectivity index (χ2n) is 5.05. The number of carboxylic acids is 1. The largest absolute Gasteiger partial charge is 0.481 e. The molecule has 0 radical (unpaired) electrons. The van der Waals surface area contributed by atoms with Crippen molar-refractivity contribution in [2.45, 2.75) is 19.8 Å². The highest BCUT2D eigenvalue weighted by Crippen LogP contribution is 2.42. The fourth-order valence-corrected chi connectivity index (χ4v) is 3.28. The van der Waals surface area contributed by atoms with Crippen LogP contribution in [0.2, 0.25) is 0 Å². The van der Waals surface area contributed by atoms with Crippen molar-refractivity contribution in [1.82, 2.24) is 0 Å². The normalized spacial score (nSPS) is 13.1. The third kappa shape index (κ3) is 2.06. The number of benzene rings is 1. The molecule has 0 saturated carbocycles. The highest BCUT2D eigenvalue weighted by atomic mass is 79.9. The molecule has 0 aliphatic rings. The zero-order valence-corrected chi connectivity index (χ0v) is 13.2. The van der Waals surface area contributed by atoms with Gasteiger partial charge in [-0.05, 0) is 41.9 Å². The predicted octanol–water partition coefficient (Wildman–Crippen LogP) is 3.69. The SMILES string of the molecule is Cc1cc2c(C(CN)C(=O)O)c3oc(C)cc3c(Br)c2o1. The molecule has 110 valence electrons. The van der Waals surface area contributed by atoms with Crippen molar-refractivity contribution in [3.63, 3.8) is 0 Å². The van der Waals surface area contributed by atoms with E-state index < -0.39 is 11.9 Å². The third-order valence-electron chi connectivity index (χ3n) is 3.56. The zero-order chi connectivity index (χ0) is 15.3. The molecule has 0 bridgehead atoms. The van der Waals surface area contributed by atoms with E-state index in [2.05, 4.69) is 15.9 Å². The van der Waals surface area contributed by atoms with E-state index in [0.717, 1.165) is 15.2 Å². The lowest BCUT2D eigenvalue weighted by atomic mass is 9.94. The van der Waals surface area contributed by atoms with Crippen LogP contribution in [0.15, 0.2) is 25.4 Å². The molecular weight excluding hydrogens is 338 g/mol. The maximum Gasteiger partial charge on any atom is 0.312 e. The molecule has 3 rings (SSSR count). The molecule has 21 heavy (non-hydrogen) atoms. The van der Waals surface area contributed by atoms with E-state index >= 15 is 0 Å². The topological polar surface area (TPSA) is 89.6 Å². The summed E-state index contributed by atoms with van der Waals surface area (Å²) in [4.78, 5) is 11.6. The summed E-state index contributed by atoms with van der Waals surface area (Å²) in [6.07, 6.45) is 0. The number of furan rings is 2. The van der Waals surface area contributed by atoms with Gasteiger partial charge in [-0.15, -0.1) is 0 Å². The molecule has 1 atom stereocenters. The lowest BCUT2D eigenvalue weighted by Crippen LogP contribution is -2.21. The molecule has 0 fully saturated rings. The van der Waals surface area contributed by atoms with Crippen LogP contribution in [-0.2, 0) is 4.79 Å². The lowest BCUT2D eigenvalue weighted by molar-refractivity contribution is -0.138. The summed E-state index contributed by atoms with van der Waals surface area (Å²) in [5, 5.41) is 11.0. The Balaban J connectivity index is 2.52. The Hall–Kier alpha value is -1.79. The van der Waals surface area contributed by atoms with Crippen molar-refractivity contribution >= 4 is 43.8 Å². The molecule has 0 saturated heterocycles. The van der Waals surface area contributed by atoms with Gasteiger partial charge in [0.05, 0.1) is 10.4 Å². The predicted molar refractivity (Wildman–Crippen MR) is 82.6 cm³/mol. The van der Waals surface area contributed by atoms with Gasteiger partial charge in [-0.25, -0.2) is 0 Å². The van der Waals surface area contributed by atoms with Crippen LogP contribution in [-0.4, -0.2) is 17.6 Å². The average molecular weight is 352 g/mol. The first-order valence-electron chi connectivity index (χ1n) is 6.48. The third-order valence-corrected chi connectivity index (χ3v) is 4.35. The monoisotopic (exact) mass is 351 g/mol. The maximum absolute atomic E-state index is 11.6. The summed E-state index contributed by atoms with van der Waals surface area (Å²) in [5.41, 5.74) is 7.41. The maximum atomic E-state index is 11.6. The number of aryl methyl sites for hydroxylation is 2. The van der Waals surface area contributed by atoms with E-state index in [1.54, 1.807) is 0 Å². The van der Waals surface area contributed by atoms with Gasteiger partial charge < -0.3 is 19.7 Å². The van der Waals surface area contributed by atoms with Crippen LogP contribution in [0.25, 0.3) is 21.9 Å². The van der Waals surface area contributed by atoms with Gasteiger partial charge in [0.1, 0.15) is 22.7 Å². The van der Waals surface area contributed by atoms with Gasteiger partial charge in [0, 0.05) is 22.9 Å². The number of rotatable bonds is 3. The van der Waals surface area contributed by atoms with Gasteiger partial charge in [-0.3, -0.25) is 4.79 Å². The van der Waals surface area contributed by atoms with Crippen LogP contribution in [0.5, 0.6) is 0 Å². The second-order valence-corrected chi connectivity index (χ2v) is 5.85. The molecule has 1 unspecified atom stereocenters. The molecule has 2 heterocycles. The molecule has 3 aromatic rings. The van der Waals surface area contributed by atoms with Crippen molar-refractivity contribution < 1.29 is 18.7 Å². The summed E-state index contributed by atoms with van der Waals surface area (Å²) in [6.45, 7) is 3.63. The quantitative estimate of drug-likeness (QED) is 0.750. The number of hydrogen-bond donors (Lipinski definition) is 2. The molecule has 1 aromatic carbocycles. The summed E-state index contributed by atoms with van der Waals surface area (Å²) < 4.78 is 12.2. The standard InChI is InChI=1S/C15H14BrNO4/c1-6-3-8-11(10(5-17)15(18)19)13-9(4-7(2)20-13)12(16)14(8)21-6/h3-4,10H,5,17H2,1-2H3,(H,18,19). The van der Waals surface area contributed by atoms with Crippen LogP contribution in [0, 0.1) is 13.8 Å². The highest BCUT2D eigenvalue weighted by molar-refractivity contribution is 9.10. The van der Waals surface area contributed by atoms with Crippen molar-refractivity contribution in [1.29, 1.82) is 0 Å². The van der Waals surface area contributed by atoms with Crippen molar-refractivity contribution in [3.05, 3.63) is 33.7 Å². The molecule has 6 heteroatoms. The first kappa shape index (κ1) is 14.2. The summed E-state index contributed by atoms with van der Waals surface area (Å²) >= 11 is 3.52. The molecule has 3 N–H and O–H groups in total. The van der Waals surface area contributed by atoms with E-state index in [0.29, 0.717) is 28.2 Å². The number of carbonyl (C=O) groups is 1. The number of hydrogen-bond acceptors (Lipinski definition) is 4. The van der Waals surface area contributed by atoms with Crippen LogP contribution < -0.4 is 5.73 Å². The average Bonchev–Trinajstić information content (AvgIpc) is 2.97. The summed E-state index contributed by atoms with van der Waals surface area (Å²) in [5.74, 6) is -0.407. The number of fused-ring (bicyclic) bond motifs is 2. The first-order valence-corrected chi connectivity index (χ1v) is 7.27. The fourth-order valence-electron chi connectivity index (χ4n) is 2.69. The Morgan fingerprint density at radius 1 is 1.24 bits per heavy atom. The number of halogens is 1. The van der Waals surface area contributed by atoms with Gasteiger partial charge in [0.25, 0.3) is 0 Å². The first-order chi connectivity index (χ1) is 9.93. The van der Waals surface area contributed by atoms with Gasteiger partial charge in [0.2, 0.25) is 0 Å². The smallest absolute Gasteiger partial charge is 0.312 e. The molecule has 0 spiro atoms. The van der Waals surface area contributed by atoms with Gasteiger partial charge in [0.15, 0.2) is 0 Å². The van der Waals surface area contributed by atoms with E-state index in [1.165, 1.54) is 0 Å². The molecular formula is C15H14BrNO4. The minimum Gasteiger partial charge on any atom is -0.481 e. The van der Waals surface area contributed by atoms with E-state index in [1.807, 2.05) is 26.0 Å². The molecule has 2 aromatic heterocycles. The Bertz CT molecular complexity index is 804. The summed E-state index contributed by atoms with van der Waals surface area (Å²) in [6, 6.07) is 3.67. The van der Waals surface area contributed by atoms with Crippen LogP contribution >= 0.6 is 15.9 Å². The molecule has 0 amide bonds. The zero-order valence-electron chi connectivity index (χ0n) is 11.6. The number of aliphatic carboxylic acids is 1. The second kappa shape index (κ2) is 4.89. The fraction of sp³-hybridized carbons (Fsp3) is 0.267. The molecule has 0 aliphatic heterocycles. The van der Waals surface area contributed by atoms with Crippen molar-refractivity contribution in [2.75, 3.05) is 6.54 Å². The van der Waals surface area contributed by atoms with Crippen molar-refractivity contribution in [3.8, 4) is 0 Å². The van der Waals surface area contributed by atoms with E-state index in [-0.39, 0.29) is 6.54 Å². The van der Waals surface area contributed by atoms with Crippen LogP contribution in [0.3, 0.4) is 0 Å². The van der Waals surface area contributed by atoms with Crippen molar-refractivity contribution in [2.24, 2.45) is 5.73 Å². The minimum atomic E-state index is -0.977.